The number of aliphatic hydroxyl groups is 1. The third-order valence-corrected chi connectivity index (χ3v) is 7.13. The molecule has 1 spiro atoms. The fourth-order valence-electron chi connectivity index (χ4n) is 5.11. The molecule has 1 aliphatic carbocycles. The second-order valence-corrected chi connectivity index (χ2v) is 9.96. The van der Waals surface area contributed by atoms with Crippen LogP contribution in [0.3, 0.4) is 0 Å². The van der Waals surface area contributed by atoms with Crippen molar-refractivity contribution >= 4 is 11.8 Å². The van der Waals surface area contributed by atoms with Crippen LogP contribution in [0.1, 0.15) is 56.5 Å². The average Bonchev–Trinajstić information content (AvgIpc) is 3.03. The minimum absolute atomic E-state index is 0.179. The van der Waals surface area contributed by atoms with E-state index in [0.29, 0.717) is 23.8 Å². The lowest BCUT2D eigenvalue weighted by Gasteiger charge is -2.48. The van der Waals surface area contributed by atoms with Gasteiger partial charge >= 0.3 is 6.03 Å². The third kappa shape index (κ3) is 3.86. The first-order chi connectivity index (χ1) is 15.0. The van der Waals surface area contributed by atoms with Gasteiger partial charge in [0.15, 0.2) is 5.82 Å². The Morgan fingerprint density at radius 3 is 2.47 bits per heavy atom. The molecule has 2 N–H and O–H groups in total. The lowest BCUT2D eigenvalue weighted by atomic mass is 9.69. The fraction of sp³-hybridized carbons (Fsp3) is 0.542. The second-order valence-electron chi connectivity index (χ2n) is 9.96. The summed E-state index contributed by atoms with van der Waals surface area (Å²) >= 11 is 0. The lowest BCUT2D eigenvalue weighted by Crippen LogP contribution is -2.54. The highest BCUT2D eigenvalue weighted by Gasteiger charge is 2.50. The smallest absolute Gasteiger partial charge is 0.323 e. The number of hydrogen-bond donors (Lipinski definition) is 2. The van der Waals surface area contributed by atoms with Crippen LogP contribution in [0.2, 0.25) is 0 Å². The quantitative estimate of drug-likeness (QED) is 0.760. The number of nitrogens with zero attached hydrogens (tertiary/aromatic N) is 4. The highest BCUT2D eigenvalue weighted by atomic mass is 19.1. The largest absolute Gasteiger partial charge is 0.384 e. The van der Waals surface area contributed by atoms with Gasteiger partial charge < -0.3 is 10.4 Å². The van der Waals surface area contributed by atoms with Gasteiger partial charge in [0.2, 0.25) is 0 Å². The summed E-state index contributed by atoms with van der Waals surface area (Å²) in [6.45, 7) is 5.63. The summed E-state index contributed by atoms with van der Waals surface area (Å²) in [5.74, 6) is 0.287. The van der Waals surface area contributed by atoms with E-state index in [2.05, 4.69) is 20.2 Å². The normalized spacial score (nSPS) is 26.1. The molecular weight excluding hydrogens is 409 g/mol. The maximum Gasteiger partial charge on any atom is 0.323 e. The van der Waals surface area contributed by atoms with Gasteiger partial charge in [-0.25, -0.2) is 19.2 Å². The fourth-order valence-corrected chi connectivity index (χ4v) is 5.11. The summed E-state index contributed by atoms with van der Waals surface area (Å²) in [6, 6.07) is 6.67. The number of anilines is 1. The summed E-state index contributed by atoms with van der Waals surface area (Å²) in [4.78, 5) is 25.7. The molecule has 0 radical (unpaired) electrons. The average molecular weight is 442 g/mol. The van der Waals surface area contributed by atoms with Crippen LogP contribution in [0.15, 0.2) is 30.5 Å². The van der Waals surface area contributed by atoms with Crippen molar-refractivity contribution in [1.29, 1.82) is 0 Å². The zero-order chi connectivity index (χ0) is 23.3. The molecule has 8 heteroatoms. The number of aryl methyl sites for hydroxylation is 1. The van der Waals surface area contributed by atoms with E-state index in [4.69, 9.17) is 0 Å². The first kappa shape index (κ1) is 22.6. The number of benzene rings is 1. The molecule has 32 heavy (non-hydrogen) atoms. The number of nitrogens with one attached hydrogen (secondary N) is 1. The Bertz CT molecular complexity index is 1030. The van der Waals surface area contributed by atoms with Crippen molar-refractivity contribution in [3.63, 3.8) is 0 Å². The van der Waals surface area contributed by atoms with E-state index in [9.17, 15) is 14.3 Å². The van der Waals surface area contributed by atoms with Gasteiger partial charge in [0.25, 0.3) is 0 Å². The van der Waals surface area contributed by atoms with Gasteiger partial charge in [0.1, 0.15) is 11.4 Å². The van der Waals surface area contributed by atoms with E-state index in [1.54, 1.807) is 37.8 Å². The van der Waals surface area contributed by atoms with Crippen molar-refractivity contribution in [2.75, 3.05) is 25.5 Å². The summed E-state index contributed by atoms with van der Waals surface area (Å²) in [7, 11) is 4.07. The summed E-state index contributed by atoms with van der Waals surface area (Å²) in [6.07, 6.45) is 4.69. The molecule has 1 saturated carbocycles. The Labute approximate surface area is 188 Å². The van der Waals surface area contributed by atoms with E-state index in [-0.39, 0.29) is 22.9 Å². The van der Waals surface area contributed by atoms with Crippen LogP contribution in [-0.4, -0.2) is 52.2 Å². The number of hydrogen-bond acceptors (Lipinski definition) is 5. The van der Waals surface area contributed by atoms with Gasteiger partial charge in [-0.3, -0.25) is 9.80 Å². The first-order valence-corrected chi connectivity index (χ1v) is 11.1. The number of halogens is 1. The molecule has 2 aliphatic rings. The predicted molar refractivity (Wildman–Crippen MR) is 121 cm³/mol. The number of amides is 2. The molecule has 1 aromatic carbocycles. The molecule has 172 valence electrons. The first-order valence-electron chi connectivity index (χ1n) is 11.1. The van der Waals surface area contributed by atoms with E-state index in [0.717, 1.165) is 31.2 Å². The maximum atomic E-state index is 14.0. The minimum Gasteiger partial charge on any atom is -0.384 e. The summed E-state index contributed by atoms with van der Waals surface area (Å²) in [5.41, 5.74) is 0.331. The van der Waals surface area contributed by atoms with Crippen LogP contribution < -0.4 is 10.2 Å². The van der Waals surface area contributed by atoms with Crippen molar-refractivity contribution < 1.29 is 14.3 Å². The zero-order valence-corrected chi connectivity index (χ0v) is 19.4. The highest BCUT2D eigenvalue weighted by Crippen LogP contribution is 2.46. The van der Waals surface area contributed by atoms with Crippen LogP contribution >= 0.6 is 0 Å². The predicted octanol–water partition coefficient (Wildman–Crippen LogP) is 3.45. The molecule has 2 amide bonds. The van der Waals surface area contributed by atoms with Crippen LogP contribution in [0.4, 0.5) is 15.0 Å². The Morgan fingerprint density at radius 2 is 1.91 bits per heavy atom. The maximum absolute atomic E-state index is 14.0. The Kier molecular flexibility index (Phi) is 5.49. The number of rotatable bonds is 4. The molecule has 1 saturated heterocycles. The van der Waals surface area contributed by atoms with Gasteiger partial charge in [0.05, 0.1) is 29.7 Å². The molecule has 0 atom stereocenters. The molecule has 1 aromatic heterocycles. The van der Waals surface area contributed by atoms with E-state index in [1.165, 1.54) is 12.3 Å². The van der Waals surface area contributed by atoms with E-state index >= 15 is 0 Å². The van der Waals surface area contributed by atoms with Crippen molar-refractivity contribution in [2.45, 2.75) is 63.1 Å². The molecule has 2 fully saturated rings. The number of aromatic nitrogens is 2. The minimum atomic E-state index is -1.10. The monoisotopic (exact) mass is 441 g/mol. The lowest BCUT2D eigenvalue weighted by molar-refractivity contribution is 0.0655. The number of carbonyl (C=O) groups excluding carboxylic acids is 1. The van der Waals surface area contributed by atoms with Crippen LogP contribution in [0.5, 0.6) is 0 Å². The van der Waals surface area contributed by atoms with Crippen LogP contribution in [-0.2, 0) is 11.1 Å². The molecule has 7 nitrogen and oxygen atoms in total. The molecule has 1 aliphatic heterocycles. The zero-order valence-electron chi connectivity index (χ0n) is 19.4. The van der Waals surface area contributed by atoms with Crippen molar-refractivity contribution in [3.8, 4) is 0 Å². The van der Waals surface area contributed by atoms with Gasteiger partial charge in [-0.2, -0.15) is 0 Å². The molecule has 4 rings (SSSR count). The number of carbonyl (C=O) groups is 1. The van der Waals surface area contributed by atoms with Crippen LogP contribution in [0.25, 0.3) is 0 Å². The Balaban J connectivity index is 1.56. The summed E-state index contributed by atoms with van der Waals surface area (Å²) in [5, 5.41) is 13.4. The van der Waals surface area contributed by atoms with Gasteiger partial charge in [0, 0.05) is 5.54 Å². The SMILES string of the molecule is Cc1nc(C(C)(C)O)cnc1N1CC2(CCC(c3cccc(F)c3)(N(C)C)CC2)NC1=O. The second kappa shape index (κ2) is 7.78. The number of urea groups is 1. The Morgan fingerprint density at radius 1 is 1.22 bits per heavy atom. The topological polar surface area (TPSA) is 81.6 Å². The Hall–Kier alpha value is -2.58. The van der Waals surface area contributed by atoms with E-state index < -0.39 is 5.60 Å². The van der Waals surface area contributed by atoms with Gasteiger partial charge in [-0.05, 0) is 78.2 Å². The van der Waals surface area contributed by atoms with Gasteiger partial charge in [-0.15, -0.1) is 0 Å². The van der Waals surface area contributed by atoms with Crippen LogP contribution in [0, 0.1) is 12.7 Å². The van der Waals surface area contributed by atoms with Crippen molar-refractivity contribution in [3.05, 3.63) is 53.2 Å². The van der Waals surface area contributed by atoms with Gasteiger partial charge in [-0.1, -0.05) is 12.1 Å². The summed E-state index contributed by atoms with van der Waals surface area (Å²) < 4.78 is 14.0. The standard InChI is InChI=1S/C24H32FN5O2/c1-16-20(26-14-19(27-16)22(2,3)32)30-15-23(28-21(30)31)9-11-24(12-10-23,29(4)5)17-7-6-8-18(25)13-17/h6-8,13-14,32H,9-12,15H2,1-5H3,(H,28,31). The van der Waals surface area contributed by atoms with Crippen molar-refractivity contribution in [2.24, 2.45) is 0 Å². The van der Waals surface area contributed by atoms with Crippen molar-refractivity contribution in [1.82, 2.24) is 20.2 Å². The highest BCUT2D eigenvalue weighted by molar-refractivity contribution is 5.94. The molecule has 0 bridgehead atoms. The van der Waals surface area contributed by atoms with E-state index in [1.807, 2.05) is 20.2 Å². The molecular formula is C24H32FN5O2. The molecule has 2 aromatic rings. The molecule has 2 heterocycles. The molecule has 0 unspecified atom stereocenters. The third-order valence-electron chi connectivity index (χ3n) is 7.13.